The zero-order valence-corrected chi connectivity index (χ0v) is 15.2. The zero-order valence-electron chi connectivity index (χ0n) is 14.4. The molecule has 0 bridgehead atoms. The molecule has 1 aromatic heterocycles. The first-order chi connectivity index (χ1) is 12.1. The summed E-state index contributed by atoms with van der Waals surface area (Å²) in [4.78, 5) is 29.2. The van der Waals surface area contributed by atoms with Crippen LogP contribution in [-0.4, -0.2) is 54.3 Å². The molecule has 5 nitrogen and oxygen atoms in total. The minimum Gasteiger partial charge on any atom is -0.338 e. The number of hydrogen-bond donors (Lipinski definition) is 1. The highest BCUT2D eigenvalue weighted by Crippen LogP contribution is 2.14. The Labute approximate surface area is 152 Å². The molecule has 0 unspecified atom stereocenters. The van der Waals surface area contributed by atoms with Crippen molar-refractivity contribution in [3.8, 4) is 0 Å². The summed E-state index contributed by atoms with van der Waals surface area (Å²) in [5, 5.41) is 5.19. The van der Waals surface area contributed by atoms with Gasteiger partial charge in [0.1, 0.15) is 0 Å². The van der Waals surface area contributed by atoms with E-state index in [1.165, 1.54) is 16.9 Å². The number of carbonyl (C=O) groups is 2. The molecular weight excluding hydrogens is 334 g/mol. The number of benzene rings is 1. The Morgan fingerprint density at radius 2 is 1.72 bits per heavy atom. The highest BCUT2D eigenvalue weighted by molar-refractivity contribution is 7.12. The molecule has 2 amide bonds. The first-order valence-electron chi connectivity index (χ1n) is 8.54. The van der Waals surface area contributed by atoms with Crippen LogP contribution in [-0.2, 0) is 4.79 Å². The number of nitrogens with one attached hydrogen (secondary N) is 1. The predicted molar refractivity (Wildman–Crippen MR) is 99.7 cm³/mol. The van der Waals surface area contributed by atoms with Crippen LogP contribution < -0.4 is 5.32 Å². The van der Waals surface area contributed by atoms with Crippen molar-refractivity contribution < 1.29 is 9.59 Å². The lowest BCUT2D eigenvalue weighted by molar-refractivity contribution is -0.131. The van der Waals surface area contributed by atoms with Gasteiger partial charge in [0.2, 0.25) is 5.91 Å². The number of rotatable bonds is 5. The fraction of sp³-hybridized carbons (Fsp3) is 0.368. The summed E-state index contributed by atoms with van der Waals surface area (Å²) in [7, 11) is 0. The molecule has 1 saturated heterocycles. The van der Waals surface area contributed by atoms with E-state index < -0.39 is 0 Å². The predicted octanol–water partition coefficient (Wildman–Crippen LogP) is 2.38. The molecule has 1 N–H and O–H groups in total. The van der Waals surface area contributed by atoms with Crippen LogP contribution >= 0.6 is 11.3 Å². The fourth-order valence-electron chi connectivity index (χ4n) is 2.93. The summed E-state index contributed by atoms with van der Waals surface area (Å²) >= 11 is 1.46. The molecule has 0 spiro atoms. The third-order valence-corrected chi connectivity index (χ3v) is 5.37. The van der Waals surface area contributed by atoms with Gasteiger partial charge in [-0.1, -0.05) is 36.4 Å². The van der Waals surface area contributed by atoms with E-state index in [9.17, 15) is 9.59 Å². The molecule has 0 saturated carbocycles. The second-order valence-electron chi connectivity index (χ2n) is 6.16. The molecule has 6 heteroatoms. The second-order valence-corrected chi connectivity index (χ2v) is 7.11. The van der Waals surface area contributed by atoms with Crippen LogP contribution in [0.2, 0.25) is 0 Å². The highest BCUT2D eigenvalue weighted by atomic mass is 32.1. The molecule has 0 aliphatic carbocycles. The van der Waals surface area contributed by atoms with Gasteiger partial charge >= 0.3 is 0 Å². The summed E-state index contributed by atoms with van der Waals surface area (Å²) < 4.78 is 0. The van der Waals surface area contributed by atoms with Crippen LogP contribution in [0.1, 0.15) is 28.2 Å². The summed E-state index contributed by atoms with van der Waals surface area (Å²) in [6, 6.07) is 14.0. The average Bonchev–Trinajstić information content (AvgIpc) is 3.21. The van der Waals surface area contributed by atoms with Gasteiger partial charge < -0.3 is 15.1 Å². The molecule has 1 aliphatic heterocycles. The van der Waals surface area contributed by atoms with Gasteiger partial charge in [0.25, 0.3) is 5.91 Å². The van der Waals surface area contributed by atoms with Gasteiger partial charge in [-0.3, -0.25) is 9.59 Å². The molecule has 0 radical (unpaired) electrons. The number of amides is 2. The van der Waals surface area contributed by atoms with Gasteiger partial charge in [0, 0.05) is 32.2 Å². The van der Waals surface area contributed by atoms with Crippen LogP contribution in [0.3, 0.4) is 0 Å². The number of nitrogens with zero attached hydrogens (tertiary/aromatic N) is 2. The minimum atomic E-state index is 0.0675. The maximum atomic E-state index is 12.4. The smallest absolute Gasteiger partial charge is 0.264 e. The summed E-state index contributed by atoms with van der Waals surface area (Å²) in [5.74, 6) is 0.156. The number of piperazine rings is 1. The molecule has 132 valence electrons. The van der Waals surface area contributed by atoms with Crippen LogP contribution in [0.5, 0.6) is 0 Å². The van der Waals surface area contributed by atoms with Gasteiger partial charge in [-0.2, -0.15) is 0 Å². The molecule has 1 atom stereocenters. The van der Waals surface area contributed by atoms with Gasteiger partial charge in [-0.05, 0) is 23.9 Å². The van der Waals surface area contributed by atoms with E-state index in [0.717, 1.165) is 4.88 Å². The Hall–Kier alpha value is -2.18. The van der Waals surface area contributed by atoms with E-state index in [-0.39, 0.29) is 17.9 Å². The number of thiophene rings is 1. The summed E-state index contributed by atoms with van der Waals surface area (Å²) in [6.07, 6.45) is 0. The zero-order chi connectivity index (χ0) is 17.6. The van der Waals surface area contributed by atoms with Crippen molar-refractivity contribution in [3.63, 3.8) is 0 Å². The monoisotopic (exact) mass is 357 g/mol. The lowest BCUT2D eigenvalue weighted by Crippen LogP contribution is -2.52. The first kappa shape index (κ1) is 17.6. The van der Waals surface area contributed by atoms with Crippen molar-refractivity contribution in [2.45, 2.75) is 13.0 Å². The normalized spacial score (nSPS) is 15.9. The van der Waals surface area contributed by atoms with Crippen LogP contribution in [0, 0.1) is 0 Å². The van der Waals surface area contributed by atoms with Crippen molar-refractivity contribution in [2.75, 3.05) is 32.7 Å². The molecule has 2 heterocycles. The Balaban J connectivity index is 1.45. The average molecular weight is 357 g/mol. The van der Waals surface area contributed by atoms with Crippen LogP contribution in [0.4, 0.5) is 0 Å². The van der Waals surface area contributed by atoms with Gasteiger partial charge in [0.05, 0.1) is 11.4 Å². The maximum Gasteiger partial charge on any atom is 0.264 e. The third-order valence-electron chi connectivity index (χ3n) is 4.51. The molecule has 1 aromatic carbocycles. The second kappa shape index (κ2) is 8.27. The Bertz CT molecular complexity index is 695. The SMILES string of the molecule is C[C@H](NCC(=O)N1CCN(C(=O)c2cccs2)CC1)c1ccccc1. The van der Waals surface area contributed by atoms with E-state index in [1.807, 2.05) is 45.5 Å². The van der Waals surface area contributed by atoms with Crippen molar-refractivity contribution in [1.82, 2.24) is 15.1 Å². The fourth-order valence-corrected chi connectivity index (χ4v) is 3.62. The lowest BCUT2D eigenvalue weighted by atomic mass is 10.1. The summed E-state index contributed by atoms with van der Waals surface area (Å²) in [5.41, 5.74) is 1.17. The van der Waals surface area contributed by atoms with Gasteiger partial charge in [-0.25, -0.2) is 0 Å². The van der Waals surface area contributed by atoms with E-state index in [0.29, 0.717) is 32.7 Å². The molecule has 2 aromatic rings. The minimum absolute atomic E-state index is 0.0675. The Kier molecular flexibility index (Phi) is 5.83. The number of hydrogen-bond acceptors (Lipinski definition) is 4. The number of carbonyl (C=O) groups excluding carboxylic acids is 2. The third kappa shape index (κ3) is 4.46. The van der Waals surface area contributed by atoms with E-state index >= 15 is 0 Å². The first-order valence-corrected chi connectivity index (χ1v) is 9.42. The molecular formula is C19H23N3O2S. The van der Waals surface area contributed by atoms with Crippen molar-refractivity contribution in [2.24, 2.45) is 0 Å². The maximum absolute atomic E-state index is 12.4. The van der Waals surface area contributed by atoms with E-state index in [2.05, 4.69) is 24.4 Å². The highest BCUT2D eigenvalue weighted by Gasteiger charge is 2.25. The molecule has 1 fully saturated rings. The Morgan fingerprint density at radius 1 is 1.04 bits per heavy atom. The van der Waals surface area contributed by atoms with Gasteiger partial charge in [0.15, 0.2) is 0 Å². The van der Waals surface area contributed by atoms with Crippen LogP contribution in [0.25, 0.3) is 0 Å². The van der Waals surface area contributed by atoms with Crippen LogP contribution in [0.15, 0.2) is 47.8 Å². The lowest BCUT2D eigenvalue weighted by Gasteiger charge is -2.34. The standard InChI is InChI=1S/C19H23N3O2S/c1-15(16-6-3-2-4-7-16)20-14-18(23)21-9-11-22(12-10-21)19(24)17-8-5-13-25-17/h2-8,13,15,20H,9-12,14H2,1H3/t15-/m0/s1. The van der Waals surface area contributed by atoms with Crippen molar-refractivity contribution in [3.05, 3.63) is 58.3 Å². The molecule has 3 rings (SSSR count). The van der Waals surface area contributed by atoms with Gasteiger partial charge in [-0.15, -0.1) is 11.3 Å². The van der Waals surface area contributed by atoms with E-state index in [1.54, 1.807) is 0 Å². The van der Waals surface area contributed by atoms with Crippen molar-refractivity contribution >= 4 is 23.2 Å². The van der Waals surface area contributed by atoms with Crippen molar-refractivity contribution in [1.29, 1.82) is 0 Å². The largest absolute Gasteiger partial charge is 0.338 e. The Morgan fingerprint density at radius 3 is 2.36 bits per heavy atom. The molecule has 25 heavy (non-hydrogen) atoms. The summed E-state index contributed by atoms with van der Waals surface area (Å²) in [6.45, 7) is 4.75. The molecule has 1 aliphatic rings. The van der Waals surface area contributed by atoms with E-state index in [4.69, 9.17) is 0 Å². The topological polar surface area (TPSA) is 52.7 Å². The quantitative estimate of drug-likeness (QED) is 0.894.